The van der Waals surface area contributed by atoms with Gasteiger partial charge >= 0.3 is 11.9 Å². The molecular weight excluding hydrogens is 426 g/mol. The van der Waals surface area contributed by atoms with Crippen molar-refractivity contribution in [2.24, 2.45) is 11.8 Å². The molecule has 1 heterocycles. The lowest BCUT2D eigenvalue weighted by atomic mass is 9.69. The largest absolute Gasteiger partial charge is 0.493 e. The Balaban J connectivity index is 2.26. The normalized spacial score (nSPS) is 22.4. The van der Waals surface area contributed by atoms with Crippen LogP contribution in [-0.4, -0.2) is 45.2 Å². The number of esters is 2. The van der Waals surface area contributed by atoms with Crippen LogP contribution in [0.3, 0.4) is 0 Å². The van der Waals surface area contributed by atoms with Gasteiger partial charge in [-0.05, 0) is 39.2 Å². The van der Waals surface area contributed by atoms with Crippen molar-refractivity contribution in [1.29, 1.82) is 0 Å². The molecule has 0 fully saturated rings. The zero-order valence-electron chi connectivity index (χ0n) is 19.9. The van der Waals surface area contributed by atoms with Gasteiger partial charge in [-0.25, -0.2) is 4.79 Å². The summed E-state index contributed by atoms with van der Waals surface area (Å²) in [7, 11) is 3.02. The van der Waals surface area contributed by atoms with Crippen molar-refractivity contribution in [1.82, 2.24) is 5.32 Å². The van der Waals surface area contributed by atoms with Crippen molar-refractivity contribution in [2.75, 3.05) is 27.4 Å². The predicted molar refractivity (Wildman–Crippen MR) is 121 cm³/mol. The Bertz CT molecular complexity index is 1020. The molecule has 178 valence electrons. The van der Waals surface area contributed by atoms with Crippen LogP contribution in [0.1, 0.15) is 45.6 Å². The second-order valence-corrected chi connectivity index (χ2v) is 8.07. The van der Waals surface area contributed by atoms with Gasteiger partial charge < -0.3 is 24.3 Å². The number of hydrogen-bond acceptors (Lipinski definition) is 8. The minimum atomic E-state index is -0.952. The number of carbonyl (C=O) groups is 3. The number of dihydropyridines is 1. The summed E-state index contributed by atoms with van der Waals surface area (Å²) in [4.78, 5) is 39.6. The molecule has 0 unspecified atom stereocenters. The standard InChI is InChI=1S/C25H31NO7/c1-7-32-24(28)18-13(3)12-16-21(22(18)27)20(19(14(4)26-16)25(29)33-8-2)15-10-9-11-17(30-5)23(15)31-6/h9-11,13,18,20,26H,7-8,12H2,1-6H3/t13-,18+,20-/m1/s1. The third kappa shape index (κ3) is 4.34. The van der Waals surface area contributed by atoms with Gasteiger partial charge in [0.2, 0.25) is 0 Å². The maximum atomic E-state index is 13.8. The molecule has 0 radical (unpaired) electrons. The topological polar surface area (TPSA) is 100 Å². The van der Waals surface area contributed by atoms with Crippen molar-refractivity contribution in [3.8, 4) is 11.5 Å². The number of para-hydroxylation sites is 1. The highest BCUT2D eigenvalue weighted by molar-refractivity contribution is 6.12. The fraction of sp³-hybridized carbons (Fsp3) is 0.480. The van der Waals surface area contributed by atoms with E-state index in [1.165, 1.54) is 14.2 Å². The Hall–Kier alpha value is -3.29. The number of methoxy groups -OCH3 is 2. The summed E-state index contributed by atoms with van der Waals surface area (Å²) in [6.45, 7) is 7.42. The number of carbonyl (C=O) groups excluding carboxylic acids is 3. The number of benzene rings is 1. The minimum absolute atomic E-state index is 0.180. The SMILES string of the molecule is CCOC(=O)C1=C(C)NC2=C(C(=O)[C@@H](C(=O)OCC)[C@H](C)C2)[C@@H]1c1cccc(OC)c1OC. The Morgan fingerprint density at radius 3 is 2.39 bits per heavy atom. The Morgan fingerprint density at radius 2 is 1.79 bits per heavy atom. The van der Waals surface area contributed by atoms with Crippen LogP contribution in [0.4, 0.5) is 0 Å². The lowest BCUT2D eigenvalue weighted by Gasteiger charge is -2.38. The zero-order valence-corrected chi connectivity index (χ0v) is 19.9. The first-order valence-electron chi connectivity index (χ1n) is 11.1. The Kier molecular flexibility index (Phi) is 7.46. The molecule has 0 amide bonds. The Morgan fingerprint density at radius 1 is 1.09 bits per heavy atom. The van der Waals surface area contributed by atoms with Gasteiger partial charge in [-0.2, -0.15) is 0 Å². The molecule has 0 spiro atoms. The van der Waals surface area contributed by atoms with Crippen LogP contribution >= 0.6 is 0 Å². The third-order valence-corrected chi connectivity index (χ3v) is 6.07. The molecule has 1 aromatic carbocycles. The summed E-state index contributed by atoms with van der Waals surface area (Å²) < 4.78 is 21.7. The molecule has 0 aromatic heterocycles. The van der Waals surface area contributed by atoms with E-state index in [1.54, 1.807) is 39.0 Å². The molecule has 1 aromatic rings. The molecule has 0 saturated carbocycles. The van der Waals surface area contributed by atoms with Gasteiger partial charge in [0.15, 0.2) is 17.3 Å². The summed E-state index contributed by atoms with van der Waals surface area (Å²) in [5.41, 5.74) is 2.52. The van der Waals surface area contributed by atoms with Crippen molar-refractivity contribution in [3.63, 3.8) is 0 Å². The molecule has 0 saturated heterocycles. The number of hydrogen-bond donors (Lipinski definition) is 1. The smallest absolute Gasteiger partial charge is 0.336 e. The first-order valence-corrected chi connectivity index (χ1v) is 11.1. The van der Waals surface area contributed by atoms with Crippen LogP contribution < -0.4 is 14.8 Å². The maximum Gasteiger partial charge on any atom is 0.336 e. The summed E-state index contributed by atoms with van der Waals surface area (Å²) >= 11 is 0. The number of ether oxygens (including phenoxy) is 4. The Labute approximate surface area is 193 Å². The van der Waals surface area contributed by atoms with E-state index in [4.69, 9.17) is 18.9 Å². The molecule has 0 bridgehead atoms. The molecule has 2 aliphatic rings. The van der Waals surface area contributed by atoms with Crippen molar-refractivity contribution in [3.05, 3.63) is 46.3 Å². The van der Waals surface area contributed by atoms with Crippen LogP contribution in [0.5, 0.6) is 11.5 Å². The van der Waals surface area contributed by atoms with Gasteiger partial charge in [-0.3, -0.25) is 9.59 Å². The lowest BCUT2D eigenvalue weighted by Crippen LogP contribution is -2.43. The molecule has 8 nitrogen and oxygen atoms in total. The van der Waals surface area contributed by atoms with Gasteiger partial charge in [0.1, 0.15) is 5.92 Å². The molecular formula is C25H31NO7. The fourth-order valence-electron chi connectivity index (χ4n) is 4.72. The maximum absolute atomic E-state index is 13.8. The monoisotopic (exact) mass is 457 g/mol. The fourth-order valence-corrected chi connectivity index (χ4v) is 4.72. The van der Waals surface area contributed by atoms with Crippen LogP contribution in [0.2, 0.25) is 0 Å². The van der Waals surface area contributed by atoms with Gasteiger partial charge in [0.25, 0.3) is 0 Å². The van der Waals surface area contributed by atoms with E-state index in [1.807, 2.05) is 6.92 Å². The average molecular weight is 458 g/mol. The highest BCUT2D eigenvalue weighted by Gasteiger charge is 2.48. The zero-order chi connectivity index (χ0) is 24.3. The number of allylic oxidation sites excluding steroid dienone is 3. The third-order valence-electron chi connectivity index (χ3n) is 6.07. The van der Waals surface area contributed by atoms with E-state index < -0.39 is 23.8 Å². The van der Waals surface area contributed by atoms with Gasteiger partial charge in [0.05, 0.1) is 38.9 Å². The van der Waals surface area contributed by atoms with Gasteiger partial charge in [-0.1, -0.05) is 19.1 Å². The quantitative estimate of drug-likeness (QED) is 0.492. The number of nitrogens with one attached hydrogen (secondary N) is 1. The van der Waals surface area contributed by atoms with E-state index in [0.717, 1.165) is 0 Å². The van der Waals surface area contributed by atoms with Crippen LogP contribution in [-0.2, 0) is 23.9 Å². The van der Waals surface area contributed by atoms with Crippen LogP contribution in [0.25, 0.3) is 0 Å². The number of ketones is 1. The summed E-state index contributed by atoms with van der Waals surface area (Å²) in [5.74, 6) is -2.58. The van der Waals surface area contributed by atoms with E-state index in [2.05, 4.69) is 5.32 Å². The molecule has 1 aliphatic heterocycles. The van der Waals surface area contributed by atoms with Crippen molar-refractivity contribution in [2.45, 2.75) is 40.0 Å². The minimum Gasteiger partial charge on any atom is -0.493 e. The van der Waals surface area contributed by atoms with Crippen LogP contribution in [0.15, 0.2) is 40.7 Å². The molecule has 33 heavy (non-hydrogen) atoms. The summed E-state index contributed by atoms with van der Waals surface area (Å²) in [5, 5.41) is 3.24. The van der Waals surface area contributed by atoms with Gasteiger partial charge in [-0.15, -0.1) is 0 Å². The van der Waals surface area contributed by atoms with E-state index in [9.17, 15) is 14.4 Å². The number of rotatable bonds is 7. The highest BCUT2D eigenvalue weighted by Crippen LogP contribution is 2.49. The first kappa shape index (κ1) is 24.4. The summed E-state index contributed by atoms with van der Waals surface area (Å²) in [6, 6.07) is 5.31. The van der Waals surface area contributed by atoms with Crippen molar-refractivity contribution < 1.29 is 33.3 Å². The van der Waals surface area contributed by atoms with E-state index in [0.29, 0.717) is 46.0 Å². The molecule has 3 rings (SSSR count). The number of Topliss-reactive ketones (excluding diaryl/α,β-unsaturated/α-hetero) is 1. The highest BCUT2D eigenvalue weighted by atomic mass is 16.5. The summed E-state index contributed by atoms with van der Waals surface area (Å²) in [6.07, 6.45) is 0.459. The lowest BCUT2D eigenvalue weighted by molar-refractivity contribution is -0.153. The molecule has 1 N–H and O–H groups in total. The van der Waals surface area contributed by atoms with E-state index >= 15 is 0 Å². The van der Waals surface area contributed by atoms with E-state index in [-0.39, 0.29) is 24.9 Å². The first-order chi connectivity index (χ1) is 15.8. The van der Waals surface area contributed by atoms with Crippen LogP contribution in [0, 0.1) is 11.8 Å². The van der Waals surface area contributed by atoms with Gasteiger partial charge in [0, 0.05) is 22.5 Å². The molecule has 1 aliphatic carbocycles. The molecule has 3 atom stereocenters. The second kappa shape index (κ2) is 10.1. The average Bonchev–Trinajstić information content (AvgIpc) is 2.77. The second-order valence-electron chi connectivity index (χ2n) is 8.07. The van der Waals surface area contributed by atoms with Crippen molar-refractivity contribution >= 4 is 17.7 Å². The predicted octanol–water partition coefficient (Wildman–Crippen LogP) is 3.27. The molecule has 8 heteroatoms.